The lowest BCUT2D eigenvalue weighted by Gasteiger charge is -2.21. The minimum absolute atomic E-state index is 0.0822. The van der Waals surface area contributed by atoms with Crippen LogP contribution in [0.5, 0.6) is 0 Å². The molecule has 128 valence electrons. The Morgan fingerprint density at radius 1 is 1.08 bits per heavy atom. The molecule has 2 aromatic rings. The standard InChI is InChI=1S/C19H19N3O3/c1-12(23)20-19(25-2)17-18(24)21-15-11-7-6-10-14(15)16(22-17)13-8-4-3-5-9-13/h3-11,16,22H,1-2H3,(H,20,23)(H,21,24)/b19-17+. The van der Waals surface area contributed by atoms with E-state index in [0.717, 1.165) is 11.1 Å². The molecule has 3 N–H and O–H groups in total. The van der Waals surface area contributed by atoms with Gasteiger partial charge in [0, 0.05) is 18.2 Å². The first kappa shape index (κ1) is 16.6. The van der Waals surface area contributed by atoms with Crippen LogP contribution in [0.4, 0.5) is 5.69 Å². The van der Waals surface area contributed by atoms with Crippen LogP contribution in [-0.4, -0.2) is 18.9 Å². The average Bonchev–Trinajstić information content (AvgIpc) is 2.76. The summed E-state index contributed by atoms with van der Waals surface area (Å²) >= 11 is 0. The molecule has 0 spiro atoms. The zero-order valence-electron chi connectivity index (χ0n) is 14.0. The Balaban J connectivity index is 2.13. The normalized spacial score (nSPS) is 18.2. The molecule has 0 aromatic heterocycles. The molecule has 0 aliphatic carbocycles. The fourth-order valence-electron chi connectivity index (χ4n) is 2.79. The summed E-state index contributed by atoms with van der Waals surface area (Å²) in [6, 6.07) is 17.1. The highest BCUT2D eigenvalue weighted by molar-refractivity contribution is 6.05. The van der Waals surface area contributed by atoms with Crippen LogP contribution in [0, 0.1) is 0 Å². The number of methoxy groups -OCH3 is 1. The Morgan fingerprint density at radius 2 is 1.76 bits per heavy atom. The summed E-state index contributed by atoms with van der Waals surface area (Å²) in [6.07, 6.45) is 0. The molecule has 1 aliphatic heterocycles. The zero-order chi connectivity index (χ0) is 17.8. The van der Waals surface area contributed by atoms with Gasteiger partial charge >= 0.3 is 0 Å². The Hall–Kier alpha value is -3.28. The van der Waals surface area contributed by atoms with Gasteiger partial charge in [-0.25, -0.2) is 0 Å². The number of benzene rings is 2. The third-order valence-corrected chi connectivity index (χ3v) is 3.89. The summed E-state index contributed by atoms with van der Waals surface area (Å²) in [5, 5.41) is 8.64. The number of hydrogen-bond acceptors (Lipinski definition) is 4. The summed E-state index contributed by atoms with van der Waals surface area (Å²) in [7, 11) is 1.41. The Labute approximate surface area is 145 Å². The summed E-state index contributed by atoms with van der Waals surface area (Å²) in [5.74, 6) is -0.618. The quantitative estimate of drug-likeness (QED) is 0.593. The summed E-state index contributed by atoms with van der Waals surface area (Å²) in [4.78, 5) is 24.1. The largest absolute Gasteiger partial charge is 0.481 e. The van der Waals surface area contributed by atoms with E-state index in [9.17, 15) is 9.59 Å². The number of rotatable bonds is 3. The van der Waals surface area contributed by atoms with E-state index in [2.05, 4.69) is 16.0 Å². The molecule has 25 heavy (non-hydrogen) atoms. The number of carbonyl (C=O) groups is 2. The molecule has 1 heterocycles. The number of hydrogen-bond donors (Lipinski definition) is 3. The van der Waals surface area contributed by atoms with E-state index in [-0.39, 0.29) is 29.4 Å². The van der Waals surface area contributed by atoms with Crippen molar-refractivity contribution >= 4 is 17.5 Å². The number of anilines is 1. The highest BCUT2D eigenvalue weighted by atomic mass is 16.5. The lowest BCUT2D eigenvalue weighted by molar-refractivity contribution is -0.119. The van der Waals surface area contributed by atoms with E-state index in [0.29, 0.717) is 5.69 Å². The van der Waals surface area contributed by atoms with Gasteiger partial charge in [-0.15, -0.1) is 0 Å². The van der Waals surface area contributed by atoms with E-state index in [4.69, 9.17) is 4.74 Å². The highest BCUT2D eigenvalue weighted by Gasteiger charge is 2.29. The molecule has 6 heteroatoms. The van der Waals surface area contributed by atoms with E-state index in [1.807, 2.05) is 54.6 Å². The fraction of sp³-hybridized carbons (Fsp3) is 0.158. The fourth-order valence-corrected chi connectivity index (χ4v) is 2.79. The maximum atomic E-state index is 12.7. The monoisotopic (exact) mass is 337 g/mol. The number of para-hydroxylation sites is 1. The Kier molecular flexibility index (Phi) is 4.70. The van der Waals surface area contributed by atoms with Crippen molar-refractivity contribution in [2.24, 2.45) is 0 Å². The Bertz CT molecular complexity index is 831. The van der Waals surface area contributed by atoms with Crippen molar-refractivity contribution in [1.29, 1.82) is 0 Å². The molecule has 0 bridgehead atoms. The number of ether oxygens (including phenoxy) is 1. The van der Waals surface area contributed by atoms with Crippen molar-refractivity contribution in [3.05, 3.63) is 77.3 Å². The zero-order valence-corrected chi connectivity index (χ0v) is 14.0. The first-order valence-corrected chi connectivity index (χ1v) is 7.87. The molecular weight excluding hydrogens is 318 g/mol. The van der Waals surface area contributed by atoms with Crippen molar-refractivity contribution in [3.8, 4) is 0 Å². The third kappa shape index (κ3) is 3.47. The number of fused-ring (bicyclic) bond motifs is 1. The second kappa shape index (κ2) is 7.09. The lowest BCUT2D eigenvalue weighted by Crippen LogP contribution is -2.33. The predicted octanol–water partition coefficient (Wildman–Crippen LogP) is 2.27. The molecule has 1 atom stereocenters. The smallest absolute Gasteiger partial charge is 0.277 e. The van der Waals surface area contributed by atoms with Gasteiger partial charge < -0.3 is 15.4 Å². The van der Waals surface area contributed by atoms with Gasteiger partial charge in [0.2, 0.25) is 11.8 Å². The second-order valence-electron chi connectivity index (χ2n) is 5.62. The lowest BCUT2D eigenvalue weighted by atomic mass is 9.97. The molecule has 1 aliphatic rings. The maximum absolute atomic E-state index is 12.7. The van der Waals surface area contributed by atoms with Crippen LogP contribution in [-0.2, 0) is 14.3 Å². The van der Waals surface area contributed by atoms with E-state index >= 15 is 0 Å². The average molecular weight is 337 g/mol. The molecule has 2 aromatic carbocycles. The molecule has 0 radical (unpaired) electrons. The molecule has 0 fully saturated rings. The molecular formula is C19H19N3O3. The summed E-state index contributed by atoms with van der Waals surface area (Å²) in [5.41, 5.74) is 2.79. The van der Waals surface area contributed by atoms with E-state index in [1.54, 1.807) is 0 Å². The first-order chi connectivity index (χ1) is 12.1. The minimum atomic E-state index is -0.378. The van der Waals surface area contributed by atoms with Gasteiger partial charge in [-0.1, -0.05) is 48.5 Å². The summed E-state index contributed by atoms with van der Waals surface area (Å²) in [6.45, 7) is 1.36. The van der Waals surface area contributed by atoms with Crippen LogP contribution in [0.15, 0.2) is 66.2 Å². The number of nitrogens with one attached hydrogen (secondary N) is 3. The predicted molar refractivity (Wildman–Crippen MR) is 94.3 cm³/mol. The van der Waals surface area contributed by atoms with Crippen LogP contribution in [0.3, 0.4) is 0 Å². The van der Waals surface area contributed by atoms with Crippen LogP contribution >= 0.6 is 0 Å². The van der Waals surface area contributed by atoms with Gasteiger partial charge in [-0.3, -0.25) is 14.9 Å². The molecule has 6 nitrogen and oxygen atoms in total. The number of amides is 2. The molecule has 3 rings (SSSR count). The van der Waals surface area contributed by atoms with Crippen molar-refractivity contribution in [2.75, 3.05) is 12.4 Å². The summed E-state index contributed by atoms with van der Waals surface area (Å²) < 4.78 is 5.23. The second-order valence-corrected chi connectivity index (χ2v) is 5.62. The first-order valence-electron chi connectivity index (χ1n) is 7.87. The van der Waals surface area contributed by atoms with Crippen molar-refractivity contribution in [1.82, 2.24) is 10.6 Å². The number of carbonyl (C=O) groups excluding carboxylic acids is 2. The molecule has 0 saturated heterocycles. The molecule has 2 amide bonds. The van der Waals surface area contributed by atoms with Crippen LogP contribution < -0.4 is 16.0 Å². The third-order valence-electron chi connectivity index (χ3n) is 3.89. The van der Waals surface area contributed by atoms with Crippen molar-refractivity contribution in [2.45, 2.75) is 13.0 Å². The van der Waals surface area contributed by atoms with Gasteiger partial charge in [-0.2, -0.15) is 0 Å². The van der Waals surface area contributed by atoms with Crippen LogP contribution in [0.25, 0.3) is 0 Å². The minimum Gasteiger partial charge on any atom is -0.481 e. The molecule has 1 unspecified atom stereocenters. The van der Waals surface area contributed by atoms with Crippen LogP contribution in [0.1, 0.15) is 24.1 Å². The van der Waals surface area contributed by atoms with Crippen molar-refractivity contribution < 1.29 is 14.3 Å². The van der Waals surface area contributed by atoms with E-state index < -0.39 is 0 Å². The van der Waals surface area contributed by atoms with Crippen LogP contribution in [0.2, 0.25) is 0 Å². The highest BCUT2D eigenvalue weighted by Crippen LogP contribution is 2.32. The van der Waals surface area contributed by atoms with Gasteiger partial charge in [0.15, 0.2) is 5.70 Å². The van der Waals surface area contributed by atoms with Gasteiger partial charge in [0.1, 0.15) is 0 Å². The van der Waals surface area contributed by atoms with Gasteiger partial charge in [-0.05, 0) is 11.6 Å². The molecule has 0 saturated carbocycles. The van der Waals surface area contributed by atoms with E-state index in [1.165, 1.54) is 14.0 Å². The topological polar surface area (TPSA) is 79.5 Å². The SMILES string of the molecule is CO/C(NC(C)=O)=C1/NC(c2ccccc2)c2ccccc2NC1=O. The van der Waals surface area contributed by atoms with Gasteiger partial charge in [0.05, 0.1) is 13.2 Å². The van der Waals surface area contributed by atoms with Crippen molar-refractivity contribution in [3.63, 3.8) is 0 Å². The van der Waals surface area contributed by atoms with Gasteiger partial charge in [0.25, 0.3) is 5.91 Å². The maximum Gasteiger partial charge on any atom is 0.277 e. The Morgan fingerprint density at radius 3 is 2.44 bits per heavy atom.